The highest BCUT2D eigenvalue weighted by atomic mass is 35.5. The minimum Gasteiger partial charge on any atom is -0.487 e. The van der Waals surface area contributed by atoms with Crippen molar-refractivity contribution in [1.29, 1.82) is 0 Å². The van der Waals surface area contributed by atoms with Gasteiger partial charge in [0.2, 0.25) is 0 Å². The minimum atomic E-state index is -0.0893. The Labute approximate surface area is 122 Å². The summed E-state index contributed by atoms with van der Waals surface area (Å²) in [5.74, 6) is 1.07. The predicted molar refractivity (Wildman–Crippen MR) is 78.5 cm³/mol. The van der Waals surface area contributed by atoms with Gasteiger partial charge in [0.15, 0.2) is 0 Å². The number of hydrogen-bond donors (Lipinski definition) is 0. The Morgan fingerprint density at radius 3 is 3.05 bits per heavy atom. The van der Waals surface area contributed by atoms with E-state index in [1.54, 1.807) is 18.1 Å². The molecule has 3 rings (SSSR count). The van der Waals surface area contributed by atoms with Crippen LogP contribution in [0, 0.1) is 0 Å². The molecule has 0 saturated carbocycles. The van der Waals surface area contributed by atoms with Crippen LogP contribution in [-0.2, 0) is 0 Å². The Morgan fingerprint density at radius 2 is 2.25 bits per heavy atom. The number of hydrogen-bond acceptors (Lipinski definition) is 3. The van der Waals surface area contributed by atoms with Gasteiger partial charge < -0.3 is 9.64 Å². The van der Waals surface area contributed by atoms with Crippen LogP contribution in [0.3, 0.4) is 0 Å². The van der Waals surface area contributed by atoms with Gasteiger partial charge in [0, 0.05) is 24.5 Å². The number of alkyl halides is 1. The third-order valence-electron chi connectivity index (χ3n) is 3.50. The van der Waals surface area contributed by atoms with Gasteiger partial charge in [-0.1, -0.05) is 12.1 Å². The van der Waals surface area contributed by atoms with E-state index in [1.807, 2.05) is 24.3 Å². The topological polar surface area (TPSA) is 42.4 Å². The lowest BCUT2D eigenvalue weighted by Crippen LogP contribution is -2.34. The number of nitrogens with zero attached hydrogens (tertiary/aromatic N) is 2. The lowest BCUT2D eigenvalue weighted by atomic mass is 10.1. The number of amides is 1. The fraction of sp³-hybridized carbons (Fsp3) is 0.333. The second-order valence-corrected chi connectivity index (χ2v) is 5.30. The van der Waals surface area contributed by atoms with Gasteiger partial charge in [0.1, 0.15) is 17.4 Å². The number of carbonyl (C=O) groups is 1. The third kappa shape index (κ3) is 2.20. The van der Waals surface area contributed by atoms with Crippen molar-refractivity contribution in [3.05, 3.63) is 36.0 Å². The Kier molecular flexibility index (Phi) is 3.49. The summed E-state index contributed by atoms with van der Waals surface area (Å²) in [6.45, 7) is 0.536. The molecule has 4 nitrogen and oxygen atoms in total. The van der Waals surface area contributed by atoms with Crippen LogP contribution in [0.4, 0.5) is 0 Å². The van der Waals surface area contributed by atoms with Crippen LogP contribution in [0.15, 0.2) is 30.5 Å². The maximum Gasteiger partial charge on any atom is 0.259 e. The first-order valence-electron chi connectivity index (χ1n) is 6.56. The molecule has 0 bridgehead atoms. The van der Waals surface area contributed by atoms with Crippen molar-refractivity contribution in [2.45, 2.75) is 12.5 Å². The Hall–Kier alpha value is -1.81. The van der Waals surface area contributed by atoms with Crippen LogP contribution < -0.4 is 4.74 Å². The van der Waals surface area contributed by atoms with E-state index in [0.29, 0.717) is 30.2 Å². The summed E-state index contributed by atoms with van der Waals surface area (Å²) in [5.41, 5.74) is 1.34. The average Bonchev–Trinajstić information content (AvgIpc) is 2.58. The number of likely N-dealkylation sites (N-methyl/N-ethyl adjacent to an activating group) is 1. The molecule has 1 aliphatic heterocycles. The minimum absolute atomic E-state index is 0.0599. The van der Waals surface area contributed by atoms with E-state index < -0.39 is 0 Å². The summed E-state index contributed by atoms with van der Waals surface area (Å²) in [4.78, 5) is 18.4. The molecule has 0 saturated heterocycles. The van der Waals surface area contributed by atoms with Gasteiger partial charge in [0.05, 0.1) is 12.1 Å². The van der Waals surface area contributed by atoms with E-state index in [0.717, 1.165) is 10.9 Å². The van der Waals surface area contributed by atoms with E-state index in [2.05, 4.69) is 4.98 Å². The second kappa shape index (κ2) is 5.29. The maximum atomic E-state index is 12.4. The molecule has 0 spiro atoms. The van der Waals surface area contributed by atoms with Crippen molar-refractivity contribution >= 4 is 28.4 Å². The third-order valence-corrected chi connectivity index (χ3v) is 3.71. The van der Waals surface area contributed by atoms with Crippen molar-refractivity contribution in [2.75, 3.05) is 19.5 Å². The molecule has 0 aliphatic carbocycles. The zero-order valence-corrected chi connectivity index (χ0v) is 11.9. The van der Waals surface area contributed by atoms with Crippen LogP contribution in [-0.4, -0.2) is 41.4 Å². The fourth-order valence-electron chi connectivity index (χ4n) is 2.47. The first-order valence-corrected chi connectivity index (χ1v) is 7.10. The summed E-state index contributed by atoms with van der Waals surface area (Å²) in [6.07, 6.45) is 2.21. The molecular formula is C15H15ClN2O2. The number of benzene rings is 1. The first-order chi connectivity index (χ1) is 9.70. The normalized spacial score (nSPS) is 18.6. The Morgan fingerprint density at radius 1 is 1.45 bits per heavy atom. The highest BCUT2D eigenvalue weighted by Crippen LogP contribution is 2.32. The molecule has 1 amide bonds. The monoisotopic (exact) mass is 290 g/mol. The molecule has 2 aromatic rings. The van der Waals surface area contributed by atoms with Gasteiger partial charge in [-0.15, -0.1) is 11.6 Å². The zero-order valence-electron chi connectivity index (χ0n) is 11.2. The lowest BCUT2D eigenvalue weighted by Gasteiger charge is -2.19. The van der Waals surface area contributed by atoms with E-state index in [9.17, 15) is 4.79 Å². The number of para-hydroxylation sites is 1. The van der Waals surface area contributed by atoms with Gasteiger partial charge in [-0.25, -0.2) is 0 Å². The van der Waals surface area contributed by atoms with Gasteiger partial charge in [0.25, 0.3) is 5.91 Å². The van der Waals surface area contributed by atoms with Crippen LogP contribution in [0.5, 0.6) is 5.75 Å². The van der Waals surface area contributed by atoms with Crippen molar-refractivity contribution < 1.29 is 9.53 Å². The number of fused-ring (bicyclic) bond motifs is 3. The van der Waals surface area contributed by atoms with E-state index in [-0.39, 0.29) is 12.0 Å². The average molecular weight is 291 g/mol. The number of rotatable bonds is 2. The zero-order chi connectivity index (χ0) is 14.1. The van der Waals surface area contributed by atoms with Crippen LogP contribution in [0.2, 0.25) is 0 Å². The molecule has 0 N–H and O–H groups in total. The largest absolute Gasteiger partial charge is 0.487 e. The molecule has 0 fully saturated rings. The number of aromatic nitrogens is 1. The molecule has 0 radical (unpaired) electrons. The SMILES string of the molecule is CN1CC(CCCl)Oc2c(cnc3ccccc23)C1=O. The summed E-state index contributed by atoms with van der Waals surface area (Å²) in [6, 6.07) is 7.68. The lowest BCUT2D eigenvalue weighted by molar-refractivity contribution is 0.0759. The molecule has 1 atom stereocenters. The first kappa shape index (κ1) is 13.2. The van der Waals surface area contributed by atoms with Gasteiger partial charge >= 0.3 is 0 Å². The molecule has 1 unspecified atom stereocenters. The van der Waals surface area contributed by atoms with Crippen molar-refractivity contribution in [3.63, 3.8) is 0 Å². The molecule has 104 valence electrons. The number of carbonyl (C=O) groups excluding carboxylic acids is 1. The van der Waals surface area contributed by atoms with Gasteiger partial charge in [-0.2, -0.15) is 0 Å². The fourth-order valence-corrected chi connectivity index (χ4v) is 2.71. The summed E-state index contributed by atoms with van der Waals surface area (Å²) in [7, 11) is 1.78. The summed E-state index contributed by atoms with van der Waals surface area (Å²) < 4.78 is 6.06. The highest BCUT2D eigenvalue weighted by Gasteiger charge is 2.28. The Balaban J connectivity index is 2.17. The van der Waals surface area contributed by atoms with Crippen LogP contribution in [0.1, 0.15) is 16.8 Å². The van der Waals surface area contributed by atoms with Crippen LogP contribution in [0.25, 0.3) is 10.9 Å². The van der Waals surface area contributed by atoms with E-state index >= 15 is 0 Å². The second-order valence-electron chi connectivity index (χ2n) is 4.92. The van der Waals surface area contributed by atoms with E-state index in [4.69, 9.17) is 16.3 Å². The summed E-state index contributed by atoms with van der Waals surface area (Å²) in [5, 5.41) is 0.869. The number of halogens is 1. The highest BCUT2D eigenvalue weighted by molar-refractivity contribution is 6.17. The van der Waals surface area contributed by atoms with Crippen molar-refractivity contribution in [3.8, 4) is 5.75 Å². The molecule has 1 aliphatic rings. The quantitative estimate of drug-likeness (QED) is 0.799. The van der Waals surface area contributed by atoms with E-state index in [1.165, 1.54) is 0 Å². The van der Waals surface area contributed by atoms with Gasteiger partial charge in [-0.3, -0.25) is 9.78 Å². The molecule has 20 heavy (non-hydrogen) atoms. The molecule has 5 heteroatoms. The van der Waals surface area contributed by atoms with Crippen molar-refractivity contribution in [2.24, 2.45) is 0 Å². The standard InChI is InChI=1S/C15H15ClN2O2/c1-18-9-10(6-7-16)20-14-11-4-2-3-5-13(11)17-8-12(14)15(18)19/h2-5,8,10H,6-7,9H2,1H3. The van der Waals surface area contributed by atoms with Crippen LogP contribution >= 0.6 is 11.6 Å². The number of pyridine rings is 1. The Bertz CT molecular complexity index is 659. The number of ether oxygens (including phenoxy) is 1. The van der Waals surface area contributed by atoms with Gasteiger partial charge in [-0.05, 0) is 18.6 Å². The molecule has 2 heterocycles. The maximum absolute atomic E-state index is 12.4. The predicted octanol–water partition coefficient (Wildman–Crippen LogP) is 2.70. The summed E-state index contributed by atoms with van der Waals surface area (Å²) >= 11 is 5.82. The molecular weight excluding hydrogens is 276 g/mol. The smallest absolute Gasteiger partial charge is 0.259 e. The molecule has 1 aromatic heterocycles. The molecule has 1 aromatic carbocycles. The van der Waals surface area contributed by atoms with Crippen molar-refractivity contribution in [1.82, 2.24) is 9.88 Å².